The van der Waals surface area contributed by atoms with Crippen molar-refractivity contribution in [3.63, 3.8) is 0 Å². The van der Waals surface area contributed by atoms with Crippen LogP contribution in [-0.2, 0) is 0 Å². The maximum Gasteiger partial charge on any atom is 0.285 e. The van der Waals surface area contributed by atoms with E-state index >= 15 is 0 Å². The van der Waals surface area contributed by atoms with E-state index in [0.717, 1.165) is 18.9 Å². The summed E-state index contributed by atoms with van der Waals surface area (Å²) in [4.78, 5) is 24.2. The molecule has 1 amide bonds. The van der Waals surface area contributed by atoms with Gasteiger partial charge in [-0.3, -0.25) is 14.9 Å². The molecule has 0 aromatic heterocycles. The number of hydrogen-bond donors (Lipinski definition) is 1. The summed E-state index contributed by atoms with van der Waals surface area (Å²) in [5.41, 5.74) is -0.434. The molecule has 0 bridgehead atoms. The van der Waals surface area contributed by atoms with Crippen LogP contribution in [0.5, 0.6) is 0 Å². The Kier molecular flexibility index (Phi) is 4.16. The fourth-order valence-electron chi connectivity index (χ4n) is 2.30. The highest BCUT2D eigenvalue weighted by molar-refractivity contribution is 5.99. The molecule has 0 unspecified atom stereocenters. The lowest BCUT2D eigenvalue weighted by atomic mass is 10.1. The molecule has 108 valence electrons. The molecule has 1 saturated heterocycles. The number of nitro groups is 1. The van der Waals surface area contributed by atoms with Gasteiger partial charge in [0.1, 0.15) is 5.56 Å². The predicted molar refractivity (Wildman–Crippen MR) is 72.4 cm³/mol. The Balaban J connectivity index is 2.44. The van der Waals surface area contributed by atoms with Gasteiger partial charge in [0.05, 0.1) is 16.7 Å². The zero-order chi connectivity index (χ0) is 14.7. The Morgan fingerprint density at radius 3 is 2.65 bits per heavy atom. The quantitative estimate of drug-likeness (QED) is 0.679. The fourth-order valence-corrected chi connectivity index (χ4v) is 2.30. The van der Waals surface area contributed by atoms with Gasteiger partial charge >= 0.3 is 0 Å². The second-order valence-electron chi connectivity index (χ2n) is 4.64. The van der Waals surface area contributed by atoms with Gasteiger partial charge in [-0.1, -0.05) is 0 Å². The summed E-state index contributed by atoms with van der Waals surface area (Å²) in [5.74, 6) is -1.13. The molecule has 2 rings (SSSR count). The first kappa shape index (κ1) is 14.2. The molecule has 1 aromatic carbocycles. The minimum atomic E-state index is -0.725. The van der Waals surface area contributed by atoms with Crippen LogP contribution >= 0.6 is 0 Å². The maximum atomic E-state index is 13.7. The molecule has 1 heterocycles. The van der Waals surface area contributed by atoms with Gasteiger partial charge in [0.25, 0.3) is 11.6 Å². The van der Waals surface area contributed by atoms with Crippen LogP contribution in [0.3, 0.4) is 0 Å². The lowest BCUT2D eigenvalue weighted by Gasteiger charge is -2.16. The third-order valence-electron chi connectivity index (χ3n) is 3.27. The summed E-state index contributed by atoms with van der Waals surface area (Å²) in [6, 6.07) is 2.04. The molecule has 6 nitrogen and oxygen atoms in total. The molecule has 0 atom stereocenters. The van der Waals surface area contributed by atoms with Crippen LogP contribution in [0, 0.1) is 15.9 Å². The highest BCUT2D eigenvalue weighted by Crippen LogP contribution is 2.28. The van der Waals surface area contributed by atoms with E-state index in [2.05, 4.69) is 5.32 Å². The Bertz CT molecular complexity index is 542. The molecular weight excluding hydrogens is 265 g/mol. The smallest absolute Gasteiger partial charge is 0.285 e. The third kappa shape index (κ3) is 2.71. The molecule has 1 fully saturated rings. The van der Waals surface area contributed by atoms with E-state index < -0.39 is 22.3 Å². The Morgan fingerprint density at radius 1 is 1.45 bits per heavy atom. The van der Waals surface area contributed by atoms with Crippen LogP contribution in [0.4, 0.5) is 15.8 Å². The molecule has 0 radical (unpaired) electrons. The van der Waals surface area contributed by atoms with E-state index in [1.54, 1.807) is 11.8 Å². The van der Waals surface area contributed by atoms with Gasteiger partial charge in [-0.05, 0) is 25.8 Å². The highest BCUT2D eigenvalue weighted by Gasteiger charge is 2.28. The summed E-state index contributed by atoms with van der Waals surface area (Å²) < 4.78 is 13.7. The van der Waals surface area contributed by atoms with Crippen molar-refractivity contribution >= 4 is 17.3 Å². The minimum absolute atomic E-state index is 0.0609. The number of nitrogens with zero attached hydrogens (tertiary/aromatic N) is 2. The van der Waals surface area contributed by atoms with Gasteiger partial charge in [0.2, 0.25) is 0 Å². The number of rotatable bonds is 4. The van der Waals surface area contributed by atoms with Crippen molar-refractivity contribution in [3.8, 4) is 0 Å². The highest BCUT2D eigenvalue weighted by atomic mass is 19.1. The minimum Gasteiger partial charge on any atom is -0.383 e. The molecule has 1 aliphatic rings. The van der Waals surface area contributed by atoms with E-state index in [9.17, 15) is 19.3 Å². The van der Waals surface area contributed by atoms with Gasteiger partial charge < -0.3 is 10.2 Å². The fraction of sp³-hybridized carbons (Fsp3) is 0.462. The molecule has 0 saturated carbocycles. The largest absolute Gasteiger partial charge is 0.383 e. The summed E-state index contributed by atoms with van der Waals surface area (Å²) >= 11 is 0. The average Bonchev–Trinajstić information content (AvgIpc) is 2.94. The molecular formula is C13H16FN3O3. The zero-order valence-electron chi connectivity index (χ0n) is 11.2. The van der Waals surface area contributed by atoms with Crippen LogP contribution in [0.25, 0.3) is 0 Å². The Morgan fingerprint density at radius 2 is 2.10 bits per heavy atom. The summed E-state index contributed by atoms with van der Waals surface area (Å²) in [6.07, 6.45) is 1.78. The molecule has 0 spiro atoms. The lowest BCUT2D eigenvalue weighted by Crippen LogP contribution is -2.28. The second kappa shape index (κ2) is 5.85. The lowest BCUT2D eigenvalue weighted by molar-refractivity contribution is -0.385. The zero-order valence-corrected chi connectivity index (χ0v) is 11.2. The van der Waals surface area contributed by atoms with E-state index in [1.165, 1.54) is 6.07 Å². The van der Waals surface area contributed by atoms with Gasteiger partial charge in [-0.25, -0.2) is 4.39 Å². The molecule has 20 heavy (non-hydrogen) atoms. The van der Waals surface area contributed by atoms with E-state index in [-0.39, 0.29) is 11.3 Å². The molecule has 1 aliphatic heterocycles. The monoisotopic (exact) mass is 281 g/mol. The van der Waals surface area contributed by atoms with Gasteiger partial charge in [-0.15, -0.1) is 0 Å². The Labute approximate surface area is 115 Å². The first-order valence-corrected chi connectivity index (χ1v) is 6.55. The Hall–Kier alpha value is -2.18. The van der Waals surface area contributed by atoms with Crippen LogP contribution in [0.2, 0.25) is 0 Å². The predicted octanol–water partition coefficient (Wildman–Crippen LogP) is 2.40. The number of benzene rings is 1. The number of halogens is 1. The first-order chi connectivity index (χ1) is 9.54. The number of carbonyl (C=O) groups excluding carboxylic acids is 1. The summed E-state index contributed by atoms with van der Waals surface area (Å²) in [6.45, 7) is 3.42. The van der Waals surface area contributed by atoms with E-state index in [0.29, 0.717) is 19.6 Å². The molecule has 1 aromatic rings. The molecule has 7 heteroatoms. The van der Waals surface area contributed by atoms with Crippen molar-refractivity contribution in [2.45, 2.75) is 19.8 Å². The van der Waals surface area contributed by atoms with Gasteiger partial charge in [-0.2, -0.15) is 0 Å². The van der Waals surface area contributed by atoms with Crippen molar-refractivity contribution in [2.24, 2.45) is 0 Å². The van der Waals surface area contributed by atoms with Gasteiger partial charge in [0, 0.05) is 19.6 Å². The number of likely N-dealkylation sites (tertiary alicyclic amines) is 1. The van der Waals surface area contributed by atoms with E-state index in [1.807, 2.05) is 0 Å². The van der Waals surface area contributed by atoms with Crippen LogP contribution in [0.15, 0.2) is 12.1 Å². The number of nitrogens with one attached hydrogen (secondary N) is 1. The topological polar surface area (TPSA) is 75.5 Å². The van der Waals surface area contributed by atoms with Crippen molar-refractivity contribution in [3.05, 3.63) is 33.6 Å². The van der Waals surface area contributed by atoms with Crippen molar-refractivity contribution in [2.75, 3.05) is 25.0 Å². The van der Waals surface area contributed by atoms with Crippen molar-refractivity contribution in [1.82, 2.24) is 4.90 Å². The maximum absolute atomic E-state index is 13.7. The van der Waals surface area contributed by atoms with Crippen LogP contribution < -0.4 is 5.32 Å². The normalized spacial score (nSPS) is 14.4. The van der Waals surface area contributed by atoms with Crippen LogP contribution in [0.1, 0.15) is 30.1 Å². The van der Waals surface area contributed by atoms with E-state index in [4.69, 9.17) is 0 Å². The number of hydrogen-bond acceptors (Lipinski definition) is 4. The van der Waals surface area contributed by atoms with Crippen molar-refractivity contribution < 1.29 is 14.1 Å². The number of anilines is 1. The van der Waals surface area contributed by atoms with Crippen molar-refractivity contribution in [1.29, 1.82) is 0 Å². The van der Waals surface area contributed by atoms with Gasteiger partial charge in [0.15, 0.2) is 5.82 Å². The third-order valence-corrected chi connectivity index (χ3v) is 3.27. The molecule has 1 N–H and O–H groups in total. The average molecular weight is 281 g/mol. The van der Waals surface area contributed by atoms with Crippen LogP contribution in [-0.4, -0.2) is 35.4 Å². The second-order valence-corrected chi connectivity index (χ2v) is 4.64. The molecule has 0 aliphatic carbocycles. The summed E-state index contributed by atoms with van der Waals surface area (Å²) in [7, 11) is 0. The SMILES string of the molecule is CCNc1cc(C(=O)N2CCCC2)c([N+](=O)[O-])cc1F. The number of carbonyl (C=O) groups is 1. The summed E-state index contributed by atoms with van der Waals surface area (Å²) in [5, 5.41) is 13.8. The first-order valence-electron chi connectivity index (χ1n) is 6.55. The number of nitro benzene ring substituents is 1. The standard InChI is InChI=1S/C13H16FN3O3/c1-2-15-11-7-9(12(17(19)20)8-10(11)14)13(18)16-5-3-4-6-16/h7-8,15H,2-6H2,1H3. The number of amides is 1.